The van der Waals surface area contributed by atoms with E-state index in [2.05, 4.69) is 55.7 Å². The molecule has 1 N–H and O–H groups in total. The molecule has 0 aliphatic heterocycles. The van der Waals surface area contributed by atoms with Crippen LogP contribution in [0.1, 0.15) is 33.6 Å². The molecular formula is C17H23NOS. The van der Waals surface area contributed by atoms with Gasteiger partial charge in [0.2, 0.25) is 0 Å². The van der Waals surface area contributed by atoms with Crippen molar-refractivity contribution in [2.24, 2.45) is 5.41 Å². The Morgan fingerprint density at radius 3 is 2.95 bits per heavy atom. The van der Waals surface area contributed by atoms with Crippen molar-refractivity contribution in [3.63, 3.8) is 0 Å². The van der Waals surface area contributed by atoms with Crippen LogP contribution < -0.4 is 5.32 Å². The molecule has 1 heterocycles. The molecule has 0 spiro atoms. The lowest BCUT2D eigenvalue weighted by molar-refractivity contribution is -0.109. The molecule has 2 nitrogen and oxygen atoms in total. The Kier molecular flexibility index (Phi) is 3.74. The van der Waals surface area contributed by atoms with E-state index in [0.29, 0.717) is 12.1 Å². The first-order valence-corrected chi connectivity index (χ1v) is 8.40. The molecule has 3 unspecified atom stereocenters. The number of fused-ring (bicyclic) bond motifs is 1. The standard InChI is InChI=1S/C17H23NOS/c1-4-17(3)15(11-16(17)19-5-2)18-13-6-7-14-12(10-13)8-9-20-14/h6-10,15-16,18H,4-5,11H2,1-3H3. The molecular weight excluding hydrogens is 266 g/mol. The van der Waals surface area contributed by atoms with Gasteiger partial charge in [-0.1, -0.05) is 13.8 Å². The third kappa shape index (κ3) is 2.23. The predicted octanol–water partition coefficient (Wildman–Crippen LogP) is 4.91. The summed E-state index contributed by atoms with van der Waals surface area (Å²) in [6.07, 6.45) is 2.66. The molecule has 2 aromatic rings. The number of thiophene rings is 1. The zero-order valence-electron chi connectivity index (χ0n) is 12.5. The predicted molar refractivity (Wildman–Crippen MR) is 87.7 cm³/mol. The van der Waals surface area contributed by atoms with Crippen LogP contribution >= 0.6 is 11.3 Å². The average Bonchev–Trinajstić information content (AvgIpc) is 2.92. The minimum absolute atomic E-state index is 0.250. The second-order valence-corrected chi connectivity index (χ2v) is 6.86. The first kappa shape index (κ1) is 13.9. The topological polar surface area (TPSA) is 21.3 Å². The monoisotopic (exact) mass is 289 g/mol. The summed E-state index contributed by atoms with van der Waals surface area (Å²) in [5, 5.41) is 7.20. The SMILES string of the molecule is CCOC1CC(Nc2ccc3sccc3c2)C1(C)CC. The highest BCUT2D eigenvalue weighted by Gasteiger charge is 2.51. The van der Waals surface area contributed by atoms with E-state index in [1.54, 1.807) is 11.3 Å². The summed E-state index contributed by atoms with van der Waals surface area (Å²) in [4.78, 5) is 0. The Morgan fingerprint density at radius 1 is 1.35 bits per heavy atom. The smallest absolute Gasteiger partial charge is 0.0667 e. The van der Waals surface area contributed by atoms with Crippen molar-refractivity contribution in [2.45, 2.75) is 45.8 Å². The number of anilines is 1. The van der Waals surface area contributed by atoms with Crippen molar-refractivity contribution >= 4 is 27.1 Å². The molecule has 3 rings (SSSR count). The van der Waals surface area contributed by atoms with Gasteiger partial charge in [0, 0.05) is 28.5 Å². The molecule has 1 aliphatic carbocycles. The van der Waals surface area contributed by atoms with Crippen molar-refractivity contribution in [3.8, 4) is 0 Å². The molecule has 0 radical (unpaired) electrons. The lowest BCUT2D eigenvalue weighted by Gasteiger charge is -2.54. The maximum Gasteiger partial charge on any atom is 0.0667 e. The highest BCUT2D eigenvalue weighted by atomic mass is 32.1. The second-order valence-electron chi connectivity index (χ2n) is 5.91. The Hall–Kier alpha value is -1.06. The minimum atomic E-state index is 0.250. The van der Waals surface area contributed by atoms with Crippen LogP contribution in [0.2, 0.25) is 0 Å². The van der Waals surface area contributed by atoms with E-state index in [0.717, 1.165) is 19.4 Å². The molecule has 1 saturated carbocycles. The van der Waals surface area contributed by atoms with Gasteiger partial charge in [0.25, 0.3) is 0 Å². The summed E-state index contributed by atoms with van der Waals surface area (Å²) in [5.41, 5.74) is 1.48. The first-order valence-electron chi connectivity index (χ1n) is 7.52. The highest BCUT2D eigenvalue weighted by Crippen LogP contribution is 2.47. The van der Waals surface area contributed by atoms with Crippen LogP contribution in [0.4, 0.5) is 5.69 Å². The molecule has 3 atom stereocenters. The minimum Gasteiger partial charge on any atom is -0.382 e. The van der Waals surface area contributed by atoms with Crippen LogP contribution in [0.5, 0.6) is 0 Å². The molecule has 20 heavy (non-hydrogen) atoms. The van der Waals surface area contributed by atoms with Crippen molar-refractivity contribution in [1.82, 2.24) is 0 Å². The summed E-state index contributed by atoms with van der Waals surface area (Å²) < 4.78 is 7.23. The van der Waals surface area contributed by atoms with E-state index < -0.39 is 0 Å². The number of benzene rings is 1. The van der Waals surface area contributed by atoms with E-state index >= 15 is 0 Å². The van der Waals surface area contributed by atoms with Crippen LogP contribution in [0, 0.1) is 5.41 Å². The van der Waals surface area contributed by atoms with Gasteiger partial charge in [-0.25, -0.2) is 0 Å². The molecule has 0 bridgehead atoms. The van der Waals surface area contributed by atoms with E-state index in [1.807, 2.05) is 0 Å². The van der Waals surface area contributed by atoms with E-state index in [9.17, 15) is 0 Å². The molecule has 108 valence electrons. The third-order valence-electron chi connectivity index (χ3n) is 4.90. The van der Waals surface area contributed by atoms with Crippen LogP contribution in [-0.4, -0.2) is 18.8 Å². The lowest BCUT2D eigenvalue weighted by Crippen LogP contribution is -2.59. The fourth-order valence-electron chi connectivity index (χ4n) is 3.23. The van der Waals surface area contributed by atoms with Gasteiger partial charge in [0.05, 0.1) is 6.10 Å². The average molecular weight is 289 g/mol. The number of nitrogens with one attached hydrogen (secondary N) is 1. The van der Waals surface area contributed by atoms with Gasteiger partial charge < -0.3 is 10.1 Å². The molecule has 0 saturated heterocycles. The summed E-state index contributed by atoms with van der Waals surface area (Å²) in [6.45, 7) is 7.51. The second kappa shape index (κ2) is 5.38. The maximum absolute atomic E-state index is 5.87. The zero-order chi connectivity index (χ0) is 14.2. The summed E-state index contributed by atoms with van der Waals surface area (Å²) in [5.74, 6) is 0. The Bertz CT molecular complexity index is 593. The first-order chi connectivity index (χ1) is 9.67. The normalized spacial score (nSPS) is 29.4. The fourth-order valence-corrected chi connectivity index (χ4v) is 4.00. The van der Waals surface area contributed by atoms with Crippen molar-refractivity contribution < 1.29 is 4.74 Å². The van der Waals surface area contributed by atoms with Gasteiger partial charge in [0.15, 0.2) is 0 Å². The molecule has 3 heteroatoms. The van der Waals surface area contributed by atoms with Gasteiger partial charge in [0.1, 0.15) is 0 Å². The zero-order valence-corrected chi connectivity index (χ0v) is 13.3. The highest BCUT2D eigenvalue weighted by molar-refractivity contribution is 7.17. The summed E-state index contributed by atoms with van der Waals surface area (Å²) >= 11 is 1.80. The van der Waals surface area contributed by atoms with Crippen LogP contribution in [0.15, 0.2) is 29.6 Å². The maximum atomic E-state index is 5.87. The molecule has 0 amide bonds. The van der Waals surface area contributed by atoms with Crippen LogP contribution in [0.3, 0.4) is 0 Å². The van der Waals surface area contributed by atoms with E-state index in [-0.39, 0.29) is 5.41 Å². The van der Waals surface area contributed by atoms with Gasteiger partial charge in [-0.15, -0.1) is 11.3 Å². The molecule has 1 aromatic heterocycles. The van der Waals surface area contributed by atoms with Gasteiger partial charge in [-0.2, -0.15) is 0 Å². The van der Waals surface area contributed by atoms with Crippen molar-refractivity contribution in [2.75, 3.05) is 11.9 Å². The largest absolute Gasteiger partial charge is 0.382 e. The number of hydrogen-bond acceptors (Lipinski definition) is 3. The Morgan fingerprint density at radius 2 is 2.20 bits per heavy atom. The molecule has 1 aromatic carbocycles. The third-order valence-corrected chi connectivity index (χ3v) is 5.80. The number of hydrogen-bond donors (Lipinski definition) is 1. The van der Waals surface area contributed by atoms with Gasteiger partial charge in [-0.05, 0) is 54.8 Å². The van der Waals surface area contributed by atoms with E-state index in [1.165, 1.54) is 15.8 Å². The van der Waals surface area contributed by atoms with Gasteiger partial charge >= 0.3 is 0 Å². The van der Waals surface area contributed by atoms with Crippen molar-refractivity contribution in [3.05, 3.63) is 29.6 Å². The summed E-state index contributed by atoms with van der Waals surface area (Å²) in [7, 11) is 0. The summed E-state index contributed by atoms with van der Waals surface area (Å²) in [6, 6.07) is 9.37. The van der Waals surface area contributed by atoms with Crippen LogP contribution in [-0.2, 0) is 4.74 Å². The van der Waals surface area contributed by atoms with Crippen molar-refractivity contribution in [1.29, 1.82) is 0 Å². The number of rotatable bonds is 5. The molecule has 1 fully saturated rings. The Balaban J connectivity index is 1.74. The van der Waals surface area contributed by atoms with Crippen LogP contribution in [0.25, 0.3) is 10.1 Å². The molecule has 1 aliphatic rings. The Labute approximate surface area is 125 Å². The number of ether oxygens (including phenoxy) is 1. The van der Waals surface area contributed by atoms with E-state index in [4.69, 9.17) is 4.74 Å². The fraction of sp³-hybridized carbons (Fsp3) is 0.529. The quantitative estimate of drug-likeness (QED) is 0.844. The van der Waals surface area contributed by atoms with Gasteiger partial charge in [-0.3, -0.25) is 0 Å². The lowest BCUT2D eigenvalue weighted by atomic mass is 9.61.